The number of ether oxygens (including phenoxy) is 1. The van der Waals surface area contributed by atoms with E-state index in [4.69, 9.17) is 4.74 Å². The molecule has 0 spiro atoms. The summed E-state index contributed by atoms with van der Waals surface area (Å²) in [5.41, 5.74) is 3.19. The highest BCUT2D eigenvalue weighted by molar-refractivity contribution is 7.17. The van der Waals surface area contributed by atoms with Crippen LogP contribution in [0.15, 0.2) is 35.8 Å². The Morgan fingerprint density at radius 2 is 2.24 bits per heavy atom. The van der Waals surface area contributed by atoms with E-state index in [0.717, 1.165) is 28.2 Å². The number of thiophene rings is 1. The van der Waals surface area contributed by atoms with Gasteiger partial charge in [0.05, 0.1) is 29.2 Å². The van der Waals surface area contributed by atoms with Gasteiger partial charge in [-0.3, -0.25) is 0 Å². The third-order valence-corrected chi connectivity index (χ3v) is 5.61. The van der Waals surface area contributed by atoms with Crippen molar-refractivity contribution < 1.29 is 4.74 Å². The van der Waals surface area contributed by atoms with Crippen LogP contribution in [0.2, 0.25) is 0 Å². The van der Waals surface area contributed by atoms with Crippen LogP contribution in [0.1, 0.15) is 24.3 Å². The predicted molar refractivity (Wildman–Crippen MR) is 103 cm³/mol. The van der Waals surface area contributed by atoms with Crippen LogP contribution in [0.25, 0.3) is 10.2 Å². The second-order valence-electron chi connectivity index (χ2n) is 6.55. The Hall–Kier alpha value is -2.18. The van der Waals surface area contributed by atoms with E-state index in [0.29, 0.717) is 11.9 Å². The van der Waals surface area contributed by atoms with Gasteiger partial charge in [-0.25, -0.2) is 9.97 Å². The summed E-state index contributed by atoms with van der Waals surface area (Å²) < 4.78 is 6.71. The summed E-state index contributed by atoms with van der Waals surface area (Å²) in [4.78, 5) is 11.4. The summed E-state index contributed by atoms with van der Waals surface area (Å²) in [7, 11) is 3.90. The SMILES string of the molecule is COc1cc(C2CCCN(C)C2)ccc1Nc1ncc2sccc2n1. The topological polar surface area (TPSA) is 50.3 Å². The molecule has 0 aliphatic carbocycles. The van der Waals surface area contributed by atoms with E-state index in [2.05, 4.69) is 45.4 Å². The van der Waals surface area contributed by atoms with Crippen LogP contribution in [0, 0.1) is 0 Å². The lowest BCUT2D eigenvalue weighted by atomic mass is 9.90. The number of likely N-dealkylation sites (N-methyl/N-ethyl adjacent to an activating group) is 1. The number of piperidine rings is 1. The van der Waals surface area contributed by atoms with Gasteiger partial charge in [0.2, 0.25) is 5.95 Å². The molecule has 0 bridgehead atoms. The fraction of sp³-hybridized carbons (Fsp3) is 0.368. The molecular weight excluding hydrogens is 332 g/mol. The lowest BCUT2D eigenvalue weighted by Gasteiger charge is -2.30. The van der Waals surface area contributed by atoms with Crippen molar-refractivity contribution in [1.29, 1.82) is 0 Å². The second-order valence-corrected chi connectivity index (χ2v) is 7.50. The van der Waals surface area contributed by atoms with Crippen LogP contribution in [0.5, 0.6) is 5.75 Å². The molecule has 1 aromatic carbocycles. The zero-order valence-electron chi connectivity index (χ0n) is 14.5. The molecule has 5 nitrogen and oxygen atoms in total. The van der Waals surface area contributed by atoms with Gasteiger partial charge in [-0.1, -0.05) is 6.07 Å². The Morgan fingerprint density at radius 3 is 3.08 bits per heavy atom. The van der Waals surface area contributed by atoms with Crippen molar-refractivity contribution >= 4 is 33.2 Å². The van der Waals surface area contributed by atoms with Gasteiger partial charge in [0, 0.05) is 6.54 Å². The highest BCUT2D eigenvalue weighted by Crippen LogP contribution is 2.34. The number of hydrogen-bond acceptors (Lipinski definition) is 6. The molecule has 1 aliphatic rings. The van der Waals surface area contributed by atoms with Gasteiger partial charge >= 0.3 is 0 Å². The first-order valence-corrected chi connectivity index (χ1v) is 9.44. The van der Waals surface area contributed by atoms with E-state index in [1.165, 1.54) is 24.9 Å². The van der Waals surface area contributed by atoms with Gasteiger partial charge < -0.3 is 15.0 Å². The predicted octanol–water partition coefficient (Wildman–Crippen LogP) is 4.25. The third kappa shape index (κ3) is 3.45. The molecule has 1 aliphatic heterocycles. The summed E-state index contributed by atoms with van der Waals surface area (Å²) in [5, 5.41) is 5.32. The molecule has 4 rings (SSSR count). The van der Waals surface area contributed by atoms with Gasteiger partial charge in [0.1, 0.15) is 5.75 Å². The van der Waals surface area contributed by atoms with E-state index in [1.807, 2.05) is 17.6 Å². The molecule has 1 unspecified atom stereocenters. The van der Waals surface area contributed by atoms with Crippen LogP contribution >= 0.6 is 11.3 Å². The Balaban J connectivity index is 1.58. The van der Waals surface area contributed by atoms with Crippen molar-refractivity contribution in [3.63, 3.8) is 0 Å². The summed E-state index contributed by atoms with van der Waals surface area (Å²) in [6.45, 7) is 2.30. The Labute approximate surface area is 151 Å². The number of methoxy groups -OCH3 is 1. The Morgan fingerprint density at radius 1 is 1.32 bits per heavy atom. The maximum absolute atomic E-state index is 5.62. The lowest BCUT2D eigenvalue weighted by molar-refractivity contribution is 0.250. The zero-order valence-corrected chi connectivity index (χ0v) is 15.3. The molecule has 1 atom stereocenters. The van der Waals surface area contributed by atoms with Crippen molar-refractivity contribution in [3.8, 4) is 5.75 Å². The van der Waals surface area contributed by atoms with Gasteiger partial charge in [-0.2, -0.15) is 0 Å². The molecule has 6 heteroatoms. The molecule has 2 aromatic heterocycles. The standard InChI is InChI=1S/C19H22N4OS/c1-23-8-3-4-14(12-23)13-5-6-15(17(10-13)24-2)21-19-20-11-18-16(22-19)7-9-25-18/h5-7,9-11,14H,3-4,8,12H2,1-2H3,(H,20,21,22). The molecular formula is C19H22N4OS. The molecule has 130 valence electrons. The first kappa shape index (κ1) is 16.3. The largest absolute Gasteiger partial charge is 0.495 e. The highest BCUT2D eigenvalue weighted by atomic mass is 32.1. The first-order valence-electron chi connectivity index (χ1n) is 8.56. The molecule has 0 radical (unpaired) electrons. The van der Waals surface area contributed by atoms with Crippen molar-refractivity contribution in [2.24, 2.45) is 0 Å². The van der Waals surface area contributed by atoms with Crippen molar-refractivity contribution in [2.75, 3.05) is 32.6 Å². The number of anilines is 2. The summed E-state index contributed by atoms with van der Waals surface area (Å²) in [6, 6.07) is 8.42. The average Bonchev–Trinajstić information content (AvgIpc) is 3.10. The number of rotatable bonds is 4. The molecule has 25 heavy (non-hydrogen) atoms. The zero-order chi connectivity index (χ0) is 17.2. The molecule has 0 amide bonds. The maximum Gasteiger partial charge on any atom is 0.227 e. The van der Waals surface area contributed by atoms with Crippen molar-refractivity contribution in [2.45, 2.75) is 18.8 Å². The van der Waals surface area contributed by atoms with Crippen LogP contribution in [-0.4, -0.2) is 42.1 Å². The normalized spacial score (nSPS) is 18.4. The molecule has 1 N–H and O–H groups in total. The number of nitrogens with one attached hydrogen (secondary N) is 1. The minimum absolute atomic E-state index is 0.570. The summed E-state index contributed by atoms with van der Waals surface area (Å²) in [5.74, 6) is 1.99. The van der Waals surface area contributed by atoms with Crippen LogP contribution in [0.3, 0.4) is 0 Å². The Bertz CT molecular complexity index is 879. The number of hydrogen-bond donors (Lipinski definition) is 1. The maximum atomic E-state index is 5.62. The van der Waals surface area contributed by atoms with Gasteiger partial charge in [-0.15, -0.1) is 11.3 Å². The van der Waals surface area contributed by atoms with E-state index in [-0.39, 0.29) is 0 Å². The number of benzene rings is 1. The molecule has 1 saturated heterocycles. The first-order chi connectivity index (χ1) is 12.2. The second kappa shape index (κ2) is 6.98. The lowest BCUT2D eigenvalue weighted by Crippen LogP contribution is -2.30. The van der Waals surface area contributed by atoms with Crippen molar-refractivity contribution in [3.05, 3.63) is 41.4 Å². The van der Waals surface area contributed by atoms with Crippen LogP contribution in [-0.2, 0) is 0 Å². The average molecular weight is 354 g/mol. The minimum Gasteiger partial charge on any atom is -0.495 e. The van der Waals surface area contributed by atoms with E-state index < -0.39 is 0 Å². The van der Waals surface area contributed by atoms with E-state index >= 15 is 0 Å². The smallest absolute Gasteiger partial charge is 0.227 e. The molecule has 1 fully saturated rings. The third-order valence-electron chi connectivity index (χ3n) is 4.77. The number of fused-ring (bicyclic) bond motifs is 1. The molecule has 0 saturated carbocycles. The van der Waals surface area contributed by atoms with Crippen molar-refractivity contribution in [1.82, 2.24) is 14.9 Å². The van der Waals surface area contributed by atoms with E-state index in [1.54, 1.807) is 18.4 Å². The number of nitrogens with zero attached hydrogens (tertiary/aromatic N) is 3. The van der Waals surface area contributed by atoms with Crippen LogP contribution in [0.4, 0.5) is 11.6 Å². The van der Waals surface area contributed by atoms with Gasteiger partial charge in [-0.05, 0) is 61.5 Å². The fourth-order valence-corrected chi connectivity index (χ4v) is 4.14. The highest BCUT2D eigenvalue weighted by Gasteiger charge is 2.20. The fourth-order valence-electron chi connectivity index (χ4n) is 3.45. The quantitative estimate of drug-likeness (QED) is 0.759. The number of aromatic nitrogens is 2. The molecule has 3 heterocycles. The minimum atomic E-state index is 0.570. The summed E-state index contributed by atoms with van der Waals surface area (Å²) in [6.07, 6.45) is 4.34. The monoisotopic (exact) mass is 354 g/mol. The van der Waals surface area contributed by atoms with E-state index in [9.17, 15) is 0 Å². The van der Waals surface area contributed by atoms with Gasteiger partial charge in [0.25, 0.3) is 0 Å². The summed E-state index contributed by atoms with van der Waals surface area (Å²) >= 11 is 1.65. The number of likely N-dealkylation sites (tertiary alicyclic amines) is 1. The van der Waals surface area contributed by atoms with Gasteiger partial charge in [0.15, 0.2) is 0 Å². The molecule has 3 aromatic rings. The Kier molecular flexibility index (Phi) is 4.55. The van der Waals surface area contributed by atoms with Crippen LogP contribution < -0.4 is 10.1 Å².